The first-order valence-electron chi connectivity index (χ1n) is 16.6. The average Bonchev–Trinajstić information content (AvgIpc) is 3.94. The predicted molar refractivity (Wildman–Crippen MR) is 179 cm³/mol. The summed E-state index contributed by atoms with van der Waals surface area (Å²) in [6.07, 6.45) is 5.60. The van der Waals surface area contributed by atoms with Crippen LogP contribution in [0.15, 0.2) is 63.9 Å². The minimum atomic E-state index is -0.885. The summed E-state index contributed by atoms with van der Waals surface area (Å²) in [6.45, 7) is 0.671. The lowest BCUT2D eigenvalue weighted by atomic mass is 9.71. The van der Waals surface area contributed by atoms with Gasteiger partial charge in [0.1, 0.15) is 11.6 Å². The Balaban J connectivity index is 1.15. The number of fused-ring (bicyclic) bond motifs is 3. The molecule has 6 aromatic rings. The largest absolute Gasteiger partial charge is 0.434 e. The topological polar surface area (TPSA) is 117 Å². The molecule has 250 valence electrons. The maximum Gasteiger partial charge on any atom is 0.434 e. The Labute approximate surface area is 286 Å². The van der Waals surface area contributed by atoms with E-state index in [0.717, 1.165) is 44.6 Å². The summed E-state index contributed by atoms with van der Waals surface area (Å²) in [5.41, 5.74) is 4.85. The van der Waals surface area contributed by atoms with Crippen LogP contribution in [-0.2, 0) is 24.8 Å². The number of pyridine rings is 2. The van der Waals surface area contributed by atoms with Crippen LogP contribution in [0.5, 0.6) is 0 Å². The monoisotopic (exact) mass is 692 g/mol. The zero-order valence-corrected chi connectivity index (χ0v) is 27.2. The van der Waals surface area contributed by atoms with Crippen LogP contribution in [0.1, 0.15) is 63.7 Å². The lowest BCUT2D eigenvalue weighted by molar-refractivity contribution is 0.0637. The minimum Gasteiger partial charge on any atom is -0.388 e. The molecule has 5 aliphatic rings. The Hall–Kier alpha value is -5.30. The third kappa shape index (κ3) is 4.28. The number of carbonyl (C=O) groups excluding carboxylic acids is 1. The molecule has 2 saturated heterocycles. The molecule has 7 heterocycles. The van der Waals surface area contributed by atoms with Crippen LogP contribution in [0, 0.1) is 23.4 Å². The molecule has 11 rings (SSSR count). The van der Waals surface area contributed by atoms with Crippen molar-refractivity contribution in [2.24, 2.45) is 5.92 Å². The van der Waals surface area contributed by atoms with Crippen molar-refractivity contribution in [1.82, 2.24) is 25.1 Å². The van der Waals surface area contributed by atoms with Gasteiger partial charge in [-0.3, -0.25) is 9.78 Å². The first-order valence-corrected chi connectivity index (χ1v) is 17.4. The maximum atomic E-state index is 14.3. The first kappa shape index (κ1) is 29.6. The molecule has 1 atom stereocenters. The maximum absolute atomic E-state index is 14.3. The number of amides is 1. The normalized spacial score (nSPS) is 21.4. The molecule has 1 saturated carbocycles. The fraction of sp³-hybridized carbons (Fsp3) is 0.270. The van der Waals surface area contributed by atoms with Crippen molar-refractivity contribution in [1.29, 1.82) is 0 Å². The van der Waals surface area contributed by atoms with Crippen molar-refractivity contribution in [3.63, 3.8) is 0 Å². The Morgan fingerprint density at radius 3 is 2.62 bits per heavy atom. The molecule has 4 aromatic heterocycles. The van der Waals surface area contributed by atoms with Gasteiger partial charge in [-0.1, -0.05) is 12.1 Å². The Bertz CT molecular complexity index is 2470. The summed E-state index contributed by atoms with van der Waals surface area (Å²) in [5, 5.41) is 10.9. The number of aromatic nitrogens is 4. The van der Waals surface area contributed by atoms with Crippen molar-refractivity contribution in [2.75, 3.05) is 11.9 Å². The summed E-state index contributed by atoms with van der Waals surface area (Å²) in [6, 6.07) is 12.4. The molecule has 50 heavy (non-hydrogen) atoms. The standard InChI is InChI=1S/C37H27F3N6O3S/c38-21-5-1-17(2-6-21)3-7-26-28(34-44-45-36(48)49-34)29(30-32(42-26)37-14-18(15-37)16-46(37)35(30)47)27-12-20-9-10-41-33(31(20)50-27)43-25-8-4-19-11-23(39)24(40)13-22(19)25/h1-2,5-6,9-13,18,25H,3-4,7-8,14-16H2,(H,41,43)(H,45,48)/t18?,25-,37?/m1/s1. The number of benzene rings is 2. The van der Waals surface area contributed by atoms with Crippen LogP contribution in [-0.4, -0.2) is 37.5 Å². The summed E-state index contributed by atoms with van der Waals surface area (Å²) in [4.78, 5) is 39.3. The number of anilines is 1. The van der Waals surface area contributed by atoms with Crippen LogP contribution in [0.2, 0.25) is 0 Å². The van der Waals surface area contributed by atoms with Gasteiger partial charge in [-0.25, -0.2) is 28.0 Å². The van der Waals surface area contributed by atoms with E-state index in [4.69, 9.17) is 9.40 Å². The zero-order valence-electron chi connectivity index (χ0n) is 26.4. The molecule has 2 bridgehead atoms. The fourth-order valence-electron chi connectivity index (χ4n) is 8.60. The van der Waals surface area contributed by atoms with E-state index in [9.17, 15) is 22.8 Å². The molecule has 2 aliphatic carbocycles. The number of rotatable bonds is 7. The highest BCUT2D eigenvalue weighted by Gasteiger charge is 2.65. The van der Waals surface area contributed by atoms with E-state index in [-0.39, 0.29) is 23.7 Å². The third-order valence-electron chi connectivity index (χ3n) is 10.8. The highest BCUT2D eigenvalue weighted by molar-refractivity contribution is 7.23. The second-order valence-corrected chi connectivity index (χ2v) is 14.7. The number of thiophene rings is 1. The van der Waals surface area contributed by atoms with Gasteiger partial charge in [-0.2, -0.15) is 0 Å². The zero-order chi connectivity index (χ0) is 33.9. The van der Waals surface area contributed by atoms with Crippen LogP contribution in [0.4, 0.5) is 19.0 Å². The van der Waals surface area contributed by atoms with Crippen LogP contribution >= 0.6 is 11.3 Å². The van der Waals surface area contributed by atoms with E-state index in [1.807, 2.05) is 17.0 Å². The highest BCUT2D eigenvalue weighted by atomic mass is 32.1. The van der Waals surface area contributed by atoms with Crippen molar-refractivity contribution < 1.29 is 22.4 Å². The van der Waals surface area contributed by atoms with Crippen LogP contribution in [0.25, 0.3) is 32.0 Å². The van der Waals surface area contributed by atoms with Gasteiger partial charge >= 0.3 is 5.76 Å². The van der Waals surface area contributed by atoms with Gasteiger partial charge in [0.05, 0.1) is 38.8 Å². The van der Waals surface area contributed by atoms with Gasteiger partial charge < -0.3 is 14.6 Å². The second kappa shape index (κ2) is 10.6. The summed E-state index contributed by atoms with van der Waals surface area (Å²) in [5.74, 6) is -1.84. The Morgan fingerprint density at radius 2 is 1.82 bits per heavy atom. The molecule has 0 unspecified atom stereocenters. The van der Waals surface area contributed by atoms with E-state index in [2.05, 4.69) is 20.5 Å². The molecule has 1 amide bonds. The molecule has 13 heteroatoms. The van der Waals surface area contributed by atoms with Crippen LogP contribution in [0.3, 0.4) is 0 Å². The molecular formula is C37H27F3N6O3S. The van der Waals surface area contributed by atoms with Crippen molar-refractivity contribution in [3.8, 4) is 21.9 Å². The molecule has 2 N–H and O–H groups in total. The number of aryl methyl sites for hydroxylation is 3. The molecule has 3 fully saturated rings. The van der Waals surface area contributed by atoms with Gasteiger partial charge in [-0.15, -0.1) is 16.4 Å². The van der Waals surface area contributed by atoms with E-state index < -0.39 is 22.9 Å². The predicted octanol–water partition coefficient (Wildman–Crippen LogP) is 7.08. The minimum absolute atomic E-state index is 0.0315. The summed E-state index contributed by atoms with van der Waals surface area (Å²) >= 11 is 1.44. The molecule has 9 nitrogen and oxygen atoms in total. The third-order valence-corrected chi connectivity index (χ3v) is 12.0. The average molecular weight is 693 g/mol. The second-order valence-electron chi connectivity index (χ2n) is 13.7. The number of carbonyl (C=O) groups is 1. The molecule has 2 aromatic carbocycles. The quantitative estimate of drug-likeness (QED) is 0.184. The number of aromatic amines is 1. The lowest BCUT2D eigenvalue weighted by Gasteiger charge is -2.37. The number of halogens is 3. The smallest absolute Gasteiger partial charge is 0.388 e. The molecule has 1 spiro atoms. The van der Waals surface area contributed by atoms with Gasteiger partial charge in [-0.05, 0) is 103 Å². The van der Waals surface area contributed by atoms with Crippen LogP contribution < -0.4 is 11.1 Å². The number of H-pyrrole nitrogens is 1. The van der Waals surface area contributed by atoms with Gasteiger partial charge in [0, 0.05) is 23.2 Å². The van der Waals surface area contributed by atoms with Gasteiger partial charge in [0.15, 0.2) is 11.6 Å². The number of hydrogen-bond donors (Lipinski definition) is 2. The van der Waals surface area contributed by atoms with Gasteiger partial charge in [0.2, 0.25) is 0 Å². The van der Waals surface area contributed by atoms with E-state index >= 15 is 0 Å². The number of nitrogens with zero attached hydrogens (tertiary/aromatic N) is 4. The SMILES string of the molecule is O=C1c2c(nc(CCc3ccc(F)cc3)c(-c3n[nH]c(=O)o3)c2-c2cc3ccnc(N[C@@H]4CCc5cc(F)c(F)cc54)c3s2)C23CC(CN12)C3. The van der Waals surface area contributed by atoms with E-state index in [1.165, 1.54) is 35.6 Å². The number of hydrogen-bond acceptors (Lipinski definition) is 8. The van der Waals surface area contributed by atoms with Crippen molar-refractivity contribution in [3.05, 3.63) is 116 Å². The van der Waals surface area contributed by atoms with E-state index in [0.29, 0.717) is 71.9 Å². The Kier molecular flexibility index (Phi) is 6.28. The van der Waals surface area contributed by atoms with Gasteiger partial charge in [0.25, 0.3) is 11.8 Å². The summed E-state index contributed by atoms with van der Waals surface area (Å²) < 4.78 is 48.4. The highest BCUT2D eigenvalue weighted by Crippen LogP contribution is 2.63. The van der Waals surface area contributed by atoms with Crippen molar-refractivity contribution >= 4 is 33.1 Å². The van der Waals surface area contributed by atoms with E-state index in [1.54, 1.807) is 18.3 Å². The molecule has 0 radical (unpaired) electrons. The first-order chi connectivity index (χ1) is 24.3. The molecule has 3 aliphatic heterocycles. The lowest BCUT2D eigenvalue weighted by Crippen LogP contribution is -2.40. The van der Waals surface area contributed by atoms with Crippen molar-refractivity contribution in [2.45, 2.75) is 50.1 Å². The number of nitrogens with one attached hydrogen (secondary N) is 2. The molecular weight excluding hydrogens is 666 g/mol. The fourth-order valence-corrected chi connectivity index (χ4v) is 9.77. The Morgan fingerprint density at radius 1 is 1.00 bits per heavy atom. The summed E-state index contributed by atoms with van der Waals surface area (Å²) in [7, 11) is 0.